The van der Waals surface area contributed by atoms with Gasteiger partial charge in [0, 0.05) is 5.56 Å². The summed E-state index contributed by atoms with van der Waals surface area (Å²) in [5, 5.41) is 9.76. The first-order chi connectivity index (χ1) is 10.2. The summed E-state index contributed by atoms with van der Waals surface area (Å²) < 4.78 is 25.0. The number of ether oxygens (including phenoxy) is 1. The van der Waals surface area contributed by atoms with Gasteiger partial charge < -0.3 is 9.15 Å². The van der Waals surface area contributed by atoms with Crippen LogP contribution in [0.3, 0.4) is 0 Å². The number of benzene rings is 2. The van der Waals surface area contributed by atoms with Crippen molar-refractivity contribution >= 4 is 22.6 Å². The van der Waals surface area contributed by atoms with Crippen LogP contribution in [0.2, 0.25) is 0 Å². The van der Waals surface area contributed by atoms with E-state index in [4.69, 9.17) is 26.0 Å². The van der Waals surface area contributed by atoms with Crippen molar-refractivity contribution in [3.63, 3.8) is 0 Å². The first-order valence-electron chi connectivity index (χ1n) is 6.17. The Kier molecular flexibility index (Phi) is 3.51. The lowest BCUT2D eigenvalue weighted by atomic mass is 10.2. The number of hydrogen-bond acceptors (Lipinski definition) is 3. The molecule has 0 spiro atoms. The Balaban J connectivity index is 2.17. The summed E-state index contributed by atoms with van der Waals surface area (Å²) in [5.74, 6) is -0.229. The minimum absolute atomic E-state index is 0.0000227. The van der Waals surface area contributed by atoms with Gasteiger partial charge in [-0.05, 0) is 18.2 Å². The second-order valence-electron chi connectivity index (χ2n) is 4.33. The molecule has 0 aliphatic heterocycles. The van der Waals surface area contributed by atoms with Gasteiger partial charge in [-0.3, -0.25) is 0 Å². The maximum Gasteiger partial charge on any atom is 0.247 e. The lowest BCUT2D eigenvalue weighted by Gasteiger charge is -2.09. The van der Waals surface area contributed by atoms with Crippen LogP contribution < -0.4 is 4.74 Å². The Morgan fingerprint density at radius 2 is 1.95 bits per heavy atom. The molecule has 3 rings (SSSR count). The second kappa shape index (κ2) is 5.47. The highest BCUT2D eigenvalue weighted by molar-refractivity contribution is 6.17. The smallest absolute Gasteiger partial charge is 0.247 e. The van der Waals surface area contributed by atoms with E-state index >= 15 is 0 Å². The van der Waals surface area contributed by atoms with Gasteiger partial charge in [-0.25, -0.2) is 4.39 Å². The molecule has 0 unspecified atom stereocenters. The highest BCUT2D eigenvalue weighted by Gasteiger charge is 2.19. The van der Waals surface area contributed by atoms with Crippen LogP contribution in [0.5, 0.6) is 11.5 Å². The lowest BCUT2D eigenvalue weighted by Crippen LogP contribution is -1.94. The Morgan fingerprint density at radius 3 is 2.71 bits per heavy atom. The molecule has 0 saturated heterocycles. The van der Waals surface area contributed by atoms with E-state index in [1.165, 1.54) is 6.07 Å². The molecule has 0 bridgehead atoms. The zero-order valence-corrected chi connectivity index (χ0v) is 11.5. The largest absolute Gasteiger partial charge is 0.448 e. The van der Waals surface area contributed by atoms with Gasteiger partial charge in [0.25, 0.3) is 0 Å². The quantitative estimate of drug-likeness (QED) is 0.641. The van der Waals surface area contributed by atoms with E-state index in [1.807, 2.05) is 6.07 Å². The Morgan fingerprint density at radius 1 is 1.14 bits per heavy atom. The number of para-hydroxylation sites is 2. The Hall–Kier alpha value is -2.51. The molecule has 2 aromatic carbocycles. The summed E-state index contributed by atoms with van der Waals surface area (Å²) in [6.07, 6.45) is 0. The van der Waals surface area contributed by atoms with Crippen LogP contribution >= 0.6 is 11.6 Å². The normalized spacial score (nSPS) is 10.5. The SMILES string of the molecule is N#Cc1oc2ccccc2c1Oc1c(F)cccc1CCl. The fourth-order valence-corrected chi connectivity index (χ4v) is 2.28. The monoisotopic (exact) mass is 301 g/mol. The number of hydrogen-bond donors (Lipinski definition) is 0. The number of nitriles is 1. The van der Waals surface area contributed by atoms with Crippen LogP contribution in [0.15, 0.2) is 46.9 Å². The molecular weight excluding hydrogens is 293 g/mol. The molecule has 3 aromatic rings. The average molecular weight is 302 g/mol. The highest BCUT2D eigenvalue weighted by atomic mass is 35.5. The minimum Gasteiger partial charge on any atom is -0.448 e. The molecular formula is C16H9ClFNO2. The summed E-state index contributed by atoms with van der Waals surface area (Å²) in [6.45, 7) is 0. The summed E-state index contributed by atoms with van der Waals surface area (Å²) in [6, 6.07) is 13.4. The number of furan rings is 1. The van der Waals surface area contributed by atoms with E-state index in [0.717, 1.165) is 0 Å². The van der Waals surface area contributed by atoms with Gasteiger partial charge in [0.2, 0.25) is 5.76 Å². The van der Waals surface area contributed by atoms with Crippen LogP contribution in [-0.4, -0.2) is 0 Å². The zero-order valence-electron chi connectivity index (χ0n) is 10.8. The Bertz CT molecular complexity index is 851. The van der Waals surface area contributed by atoms with Gasteiger partial charge in [0.15, 0.2) is 17.3 Å². The second-order valence-corrected chi connectivity index (χ2v) is 4.60. The maximum atomic E-state index is 14.0. The first kappa shape index (κ1) is 13.5. The molecule has 0 saturated carbocycles. The molecule has 5 heteroatoms. The van der Waals surface area contributed by atoms with Crippen molar-refractivity contribution in [3.8, 4) is 17.6 Å². The number of halogens is 2. The van der Waals surface area contributed by atoms with Crippen molar-refractivity contribution in [2.75, 3.05) is 0 Å². The standard InChI is InChI=1S/C16H9ClFNO2/c17-8-10-4-3-6-12(18)15(10)21-16-11-5-1-2-7-13(11)20-14(16)9-19/h1-7H,8H2. The van der Waals surface area contributed by atoms with Gasteiger partial charge in [-0.15, -0.1) is 11.6 Å². The molecule has 0 fully saturated rings. The third-order valence-electron chi connectivity index (χ3n) is 3.05. The fourth-order valence-electron chi connectivity index (χ4n) is 2.07. The van der Waals surface area contributed by atoms with Crippen molar-refractivity contribution < 1.29 is 13.5 Å². The topological polar surface area (TPSA) is 46.2 Å². The predicted octanol–water partition coefficient (Wildman–Crippen LogP) is 4.97. The summed E-state index contributed by atoms with van der Waals surface area (Å²) in [7, 11) is 0. The molecule has 21 heavy (non-hydrogen) atoms. The number of alkyl halides is 1. The molecule has 1 heterocycles. The fraction of sp³-hybridized carbons (Fsp3) is 0.0625. The molecule has 0 atom stereocenters. The van der Waals surface area contributed by atoms with Gasteiger partial charge in [-0.1, -0.05) is 24.3 Å². The minimum atomic E-state index is -0.540. The van der Waals surface area contributed by atoms with E-state index in [9.17, 15) is 4.39 Å². The molecule has 1 aromatic heterocycles. The zero-order chi connectivity index (χ0) is 14.8. The summed E-state index contributed by atoms with van der Waals surface area (Å²) in [4.78, 5) is 0. The van der Waals surface area contributed by atoms with E-state index in [2.05, 4.69) is 0 Å². The molecule has 0 N–H and O–H groups in total. The van der Waals surface area contributed by atoms with Crippen LogP contribution in [0.4, 0.5) is 4.39 Å². The average Bonchev–Trinajstić information content (AvgIpc) is 2.87. The summed E-state index contributed by atoms with van der Waals surface area (Å²) in [5.41, 5.74) is 1.01. The number of fused-ring (bicyclic) bond motifs is 1. The van der Waals surface area contributed by atoms with Crippen molar-refractivity contribution in [1.82, 2.24) is 0 Å². The van der Waals surface area contributed by atoms with Crippen molar-refractivity contribution in [1.29, 1.82) is 5.26 Å². The number of rotatable bonds is 3. The van der Waals surface area contributed by atoms with Crippen molar-refractivity contribution in [3.05, 3.63) is 59.6 Å². The first-order valence-corrected chi connectivity index (χ1v) is 6.71. The van der Waals surface area contributed by atoms with Gasteiger partial charge >= 0.3 is 0 Å². The molecule has 104 valence electrons. The molecule has 0 aliphatic carbocycles. The van der Waals surface area contributed by atoms with Gasteiger partial charge in [-0.2, -0.15) is 5.26 Å². The van der Waals surface area contributed by atoms with Crippen LogP contribution in [-0.2, 0) is 5.88 Å². The molecule has 3 nitrogen and oxygen atoms in total. The maximum absolute atomic E-state index is 14.0. The number of nitrogens with zero attached hydrogens (tertiary/aromatic N) is 1. The van der Waals surface area contributed by atoms with Crippen LogP contribution in [0.25, 0.3) is 11.0 Å². The van der Waals surface area contributed by atoms with Gasteiger partial charge in [0.05, 0.1) is 11.3 Å². The van der Waals surface area contributed by atoms with Crippen molar-refractivity contribution in [2.45, 2.75) is 5.88 Å². The van der Waals surface area contributed by atoms with E-state index in [-0.39, 0.29) is 23.1 Å². The Labute approximate surface area is 125 Å². The van der Waals surface area contributed by atoms with E-state index < -0.39 is 5.82 Å². The molecule has 0 amide bonds. The predicted molar refractivity (Wildman–Crippen MR) is 77.0 cm³/mol. The van der Waals surface area contributed by atoms with Gasteiger partial charge in [0.1, 0.15) is 11.7 Å². The highest BCUT2D eigenvalue weighted by Crippen LogP contribution is 2.38. The lowest BCUT2D eigenvalue weighted by molar-refractivity contribution is 0.430. The van der Waals surface area contributed by atoms with E-state index in [0.29, 0.717) is 16.5 Å². The molecule has 0 aliphatic rings. The molecule has 0 radical (unpaired) electrons. The third-order valence-corrected chi connectivity index (χ3v) is 3.34. The van der Waals surface area contributed by atoms with Crippen LogP contribution in [0.1, 0.15) is 11.3 Å². The van der Waals surface area contributed by atoms with Crippen molar-refractivity contribution in [2.24, 2.45) is 0 Å². The van der Waals surface area contributed by atoms with Crippen LogP contribution in [0, 0.1) is 17.1 Å². The van der Waals surface area contributed by atoms with E-state index in [1.54, 1.807) is 36.4 Å². The summed E-state index contributed by atoms with van der Waals surface area (Å²) >= 11 is 5.80. The third kappa shape index (κ3) is 2.32.